The van der Waals surface area contributed by atoms with Crippen molar-refractivity contribution >= 4 is 5.71 Å². The van der Waals surface area contributed by atoms with Crippen LogP contribution in [0.4, 0.5) is 0 Å². The monoisotopic (exact) mass is 238 g/mol. The highest BCUT2D eigenvalue weighted by molar-refractivity contribution is 5.84. The number of nitrogens with zero attached hydrogens (tertiary/aromatic N) is 1. The molecule has 0 heterocycles. The highest BCUT2D eigenvalue weighted by Crippen LogP contribution is 2.38. The van der Waals surface area contributed by atoms with Crippen LogP contribution in [0.3, 0.4) is 0 Å². The third-order valence-electron chi connectivity index (χ3n) is 4.44. The van der Waals surface area contributed by atoms with Gasteiger partial charge in [-0.05, 0) is 51.0 Å². The molecule has 0 aromatic rings. The first-order valence-electron chi connectivity index (χ1n) is 7.00. The van der Waals surface area contributed by atoms with Crippen LogP contribution < -0.4 is 5.32 Å². The number of hydrogen-bond donors (Lipinski definition) is 1. The van der Waals surface area contributed by atoms with E-state index in [1.807, 2.05) is 7.05 Å². The molecule has 1 rings (SSSR count). The molecule has 1 N–H and O–H groups in total. The highest BCUT2D eigenvalue weighted by atomic mass is 14.9. The summed E-state index contributed by atoms with van der Waals surface area (Å²) in [5.41, 5.74) is 1.80. The van der Waals surface area contributed by atoms with Crippen LogP contribution in [0, 0.1) is 17.3 Å². The highest BCUT2D eigenvalue weighted by Gasteiger charge is 2.32. The van der Waals surface area contributed by atoms with Gasteiger partial charge in [0.1, 0.15) is 0 Å². The van der Waals surface area contributed by atoms with E-state index in [4.69, 9.17) is 0 Å². The fourth-order valence-electron chi connectivity index (χ4n) is 3.46. The summed E-state index contributed by atoms with van der Waals surface area (Å²) < 4.78 is 0. The van der Waals surface area contributed by atoms with Gasteiger partial charge in [0, 0.05) is 24.7 Å². The first kappa shape index (κ1) is 14.7. The second-order valence-corrected chi connectivity index (χ2v) is 6.61. The Bertz CT molecular complexity index is 268. The van der Waals surface area contributed by atoms with Gasteiger partial charge < -0.3 is 5.32 Å². The van der Waals surface area contributed by atoms with Crippen LogP contribution in [0.5, 0.6) is 0 Å². The van der Waals surface area contributed by atoms with E-state index in [0.717, 1.165) is 5.92 Å². The predicted molar refractivity (Wildman–Crippen MR) is 76.8 cm³/mol. The minimum absolute atomic E-state index is 0.490. The lowest BCUT2D eigenvalue weighted by molar-refractivity contribution is 0.185. The second kappa shape index (κ2) is 5.99. The first-order chi connectivity index (χ1) is 7.89. The van der Waals surface area contributed by atoms with Crippen molar-refractivity contribution in [2.24, 2.45) is 22.2 Å². The number of rotatable bonds is 2. The summed E-state index contributed by atoms with van der Waals surface area (Å²) in [5, 5.41) is 3.51. The molecule has 0 spiro atoms. The predicted octanol–water partition coefficient (Wildman–Crippen LogP) is 3.52. The van der Waals surface area contributed by atoms with Gasteiger partial charge in [0.2, 0.25) is 0 Å². The summed E-state index contributed by atoms with van der Waals surface area (Å²) >= 11 is 0. The summed E-state index contributed by atoms with van der Waals surface area (Å²) in [5.74, 6) is 1.42. The molecule has 0 aromatic carbocycles. The van der Waals surface area contributed by atoms with E-state index >= 15 is 0 Å². The Morgan fingerprint density at radius 2 is 2.00 bits per heavy atom. The summed E-state index contributed by atoms with van der Waals surface area (Å²) in [6.07, 6.45) is 5.21. The molecule has 1 aliphatic carbocycles. The van der Waals surface area contributed by atoms with Crippen LogP contribution in [-0.4, -0.2) is 25.8 Å². The maximum absolute atomic E-state index is 4.43. The lowest BCUT2D eigenvalue weighted by Crippen LogP contribution is -2.41. The number of hydrogen-bond acceptors (Lipinski definition) is 2. The molecule has 3 unspecified atom stereocenters. The molecule has 3 atom stereocenters. The zero-order valence-electron chi connectivity index (χ0n) is 12.5. The van der Waals surface area contributed by atoms with E-state index in [0.29, 0.717) is 17.4 Å². The lowest BCUT2D eigenvalue weighted by Gasteiger charge is -2.38. The molecule has 0 radical (unpaired) electrons. The minimum Gasteiger partial charge on any atom is -0.316 e. The van der Waals surface area contributed by atoms with E-state index in [1.165, 1.54) is 31.4 Å². The van der Waals surface area contributed by atoms with Crippen molar-refractivity contribution in [2.75, 3.05) is 14.1 Å². The van der Waals surface area contributed by atoms with E-state index in [2.05, 4.69) is 45.1 Å². The quantitative estimate of drug-likeness (QED) is 0.731. The van der Waals surface area contributed by atoms with Crippen molar-refractivity contribution in [2.45, 2.75) is 59.4 Å². The maximum Gasteiger partial charge on any atom is 0.0276 e. The van der Waals surface area contributed by atoms with Crippen LogP contribution in [0.2, 0.25) is 0 Å². The molecule has 0 saturated heterocycles. The van der Waals surface area contributed by atoms with Gasteiger partial charge in [-0.2, -0.15) is 0 Å². The van der Waals surface area contributed by atoms with Gasteiger partial charge in [0.25, 0.3) is 0 Å². The van der Waals surface area contributed by atoms with Gasteiger partial charge in [-0.25, -0.2) is 0 Å². The molecule has 2 nitrogen and oxygen atoms in total. The van der Waals surface area contributed by atoms with Crippen molar-refractivity contribution < 1.29 is 0 Å². The van der Waals surface area contributed by atoms with Crippen molar-refractivity contribution in [1.82, 2.24) is 5.32 Å². The van der Waals surface area contributed by atoms with Crippen LogP contribution in [-0.2, 0) is 0 Å². The molecule has 1 fully saturated rings. The van der Waals surface area contributed by atoms with Gasteiger partial charge in [0.15, 0.2) is 0 Å². The zero-order chi connectivity index (χ0) is 13.1. The molecular weight excluding hydrogens is 208 g/mol. The third kappa shape index (κ3) is 4.09. The Morgan fingerprint density at radius 1 is 1.35 bits per heavy atom. The molecular formula is C15H30N2. The summed E-state index contributed by atoms with van der Waals surface area (Å²) in [7, 11) is 4.02. The van der Waals surface area contributed by atoms with Gasteiger partial charge in [0.05, 0.1) is 0 Å². The molecule has 100 valence electrons. The van der Waals surface area contributed by atoms with Crippen molar-refractivity contribution in [3.8, 4) is 0 Å². The number of nitrogens with one attached hydrogen (secondary N) is 1. The standard InChI is InChI=1S/C15H30N2/c1-11-9-14(17-6)13(12(2)16-5)7-8-15(3,4)10-11/h11,13-14,17H,7-10H2,1-6H3. The number of aliphatic imine (C=N–C) groups is 1. The van der Waals surface area contributed by atoms with Crippen LogP contribution >= 0.6 is 0 Å². The maximum atomic E-state index is 4.43. The smallest absolute Gasteiger partial charge is 0.0276 e. The van der Waals surface area contributed by atoms with E-state index < -0.39 is 0 Å². The van der Waals surface area contributed by atoms with Crippen LogP contribution in [0.1, 0.15) is 53.4 Å². The molecule has 0 amide bonds. The Labute approximate surface area is 107 Å². The molecule has 0 aliphatic heterocycles. The van der Waals surface area contributed by atoms with Gasteiger partial charge in [-0.15, -0.1) is 0 Å². The zero-order valence-corrected chi connectivity index (χ0v) is 12.5. The fraction of sp³-hybridized carbons (Fsp3) is 0.933. The Balaban J connectivity index is 2.85. The largest absolute Gasteiger partial charge is 0.316 e. The second-order valence-electron chi connectivity index (χ2n) is 6.61. The van der Waals surface area contributed by atoms with Crippen molar-refractivity contribution in [1.29, 1.82) is 0 Å². The summed E-state index contributed by atoms with van der Waals surface area (Å²) in [4.78, 5) is 4.43. The first-order valence-corrected chi connectivity index (χ1v) is 7.00. The van der Waals surface area contributed by atoms with Crippen molar-refractivity contribution in [3.63, 3.8) is 0 Å². The van der Waals surface area contributed by atoms with E-state index in [9.17, 15) is 0 Å². The van der Waals surface area contributed by atoms with Gasteiger partial charge in [-0.3, -0.25) is 4.99 Å². The minimum atomic E-state index is 0.490. The average molecular weight is 238 g/mol. The SMILES string of the molecule is CN=C(C)C1CCC(C)(C)CC(C)CC1NC. The fourth-order valence-corrected chi connectivity index (χ4v) is 3.46. The summed E-state index contributed by atoms with van der Waals surface area (Å²) in [6, 6.07) is 0.602. The Morgan fingerprint density at radius 3 is 2.53 bits per heavy atom. The average Bonchev–Trinajstić information content (AvgIpc) is 2.24. The molecule has 2 heteroatoms. The third-order valence-corrected chi connectivity index (χ3v) is 4.44. The van der Waals surface area contributed by atoms with E-state index in [1.54, 1.807) is 0 Å². The van der Waals surface area contributed by atoms with E-state index in [-0.39, 0.29) is 0 Å². The Hall–Kier alpha value is -0.370. The molecule has 0 bridgehead atoms. The van der Waals surface area contributed by atoms with Gasteiger partial charge >= 0.3 is 0 Å². The lowest BCUT2D eigenvalue weighted by atomic mass is 9.71. The topological polar surface area (TPSA) is 24.4 Å². The summed E-state index contributed by atoms with van der Waals surface area (Å²) in [6.45, 7) is 9.42. The molecule has 0 aromatic heterocycles. The van der Waals surface area contributed by atoms with Crippen LogP contribution in [0.25, 0.3) is 0 Å². The van der Waals surface area contributed by atoms with Gasteiger partial charge in [-0.1, -0.05) is 20.8 Å². The molecule has 17 heavy (non-hydrogen) atoms. The Kier molecular flexibility index (Phi) is 5.18. The van der Waals surface area contributed by atoms with Crippen molar-refractivity contribution in [3.05, 3.63) is 0 Å². The molecule has 1 saturated carbocycles. The normalized spacial score (nSPS) is 35.2. The molecule has 1 aliphatic rings. The van der Waals surface area contributed by atoms with Crippen LogP contribution in [0.15, 0.2) is 4.99 Å².